The van der Waals surface area contributed by atoms with Gasteiger partial charge in [-0.15, -0.1) is 0 Å². The van der Waals surface area contributed by atoms with Crippen molar-refractivity contribution in [1.82, 2.24) is 9.62 Å². The maximum absolute atomic E-state index is 12.0. The Bertz CT molecular complexity index is 529. The maximum Gasteiger partial charge on any atom is 0.215 e. The van der Waals surface area contributed by atoms with Crippen LogP contribution in [-0.4, -0.2) is 44.6 Å². The molecule has 0 amide bonds. The molecule has 0 spiro atoms. The van der Waals surface area contributed by atoms with Gasteiger partial charge >= 0.3 is 0 Å². The van der Waals surface area contributed by atoms with E-state index in [0.717, 1.165) is 18.5 Å². The molecular weight excluding hydrogens is 288 g/mol. The fourth-order valence-electron chi connectivity index (χ4n) is 1.90. The van der Waals surface area contributed by atoms with E-state index in [1.165, 1.54) is 0 Å². The molecule has 5 nitrogen and oxygen atoms in total. The molecule has 6 heteroatoms. The second kappa shape index (κ2) is 8.48. The topological polar surface area (TPSA) is 69.6 Å². The summed E-state index contributed by atoms with van der Waals surface area (Å²) in [6.45, 7) is 5.44. The number of hydrogen-bond acceptors (Lipinski definition) is 4. The number of sulfonamides is 1. The molecule has 1 aromatic rings. The lowest BCUT2D eigenvalue weighted by Crippen LogP contribution is -2.31. The number of nitrogens with zero attached hydrogens (tertiary/aromatic N) is 1. The highest BCUT2D eigenvalue weighted by Crippen LogP contribution is 2.08. The average Bonchev–Trinajstić information content (AvgIpc) is 2.42. The zero-order valence-corrected chi connectivity index (χ0v) is 13.9. The van der Waals surface area contributed by atoms with Gasteiger partial charge in [-0.05, 0) is 45.0 Å². The zero-order valence-electron chi connectivity index (χ0n) is 13.0. The van der Waals surface area contributed by atoms with Gasteiger partial charge in [0.2, 0.25) is 10.0 Å². The summed E-state index contributed by atoms with van der Waals surface area (Å²) >= 11 is 0. The van der Waals surface area contributed by atoms with E-state index in [-0.39, 0.29) is 12.4 Å². The van der Waals surface area contributed by atoms with Gasteiger partial charge in [0, 0.05) is 12.6 Å². The first-order chi connectivity index (χ1) is 9.84. The van der Waals surface area contributed by atoms with E-state index >= 15 is 0 Å². The van der Waals surface area contributed by atoms with Crippen LogP contribution in [0.4, 0.5) is 0 Å². The predicted molar refractivity (Wildman–Crippen MR) is 85.4 cm³/mol. The Hall–Kier alpha value is -0.950. The highest BCUT2D eigenvalue weighted by atomic mass is 32.2. The molecule has 2 N–H and O–H groups in total. The van der Waals surface area contributed by atoms with Crippen LogP contribution in [0.1, 0.15) is 31.4 Å². The van der Waals surface area contributed by atoms with Crippen LogP contribution < -0.4 is 4.72 Å². The molecule has 0 unspecified atom stereocenters. The summed E-state index contributed by atoms with van der Waals surface area (Å²) in [7, 11) is -1.30. The molecule has 1 aromatic carbocycles. The summed E-state index contributed by atoms with van der Waals surface area (Å²) in [5.41, 5.74) is 1.41. The molecule has 0 radical (unpaired) electrons. The van der Waals surface area contributed by atoms with Gasteiger partial charge in [0.25, 0.3) is 0 Å². The van der Waals surface area contributed by atoms with Gasteiger partial charge in [-0.3, -0.25) is 0 Å². The van der Waals surface area contributed by atoms with Crippen molar-refractivity contribution in [2.45, 2.75) is 38.7 Å². The molecule has 0 aliphatic heterocycles. The Morgan fingerprint density at radius 2 is 1.95 bits per heavy atom. The quantitative estimate of drug-likeness (QED) is 0.675. The Labute approximate surface area is 128 Å². The highest BCUT2D eigenvalue weighted by molar-refractivity contribution is 7.88. The van der Waals surface area contributed by atoms with Gasteiger partial charge in [-0.25, -0.2) is 13.1 Å². The van der Waals surface area contributed by atoms with Crippen LogP contribution in [0.25, 0.3) is 0 Å². The summed E-state index contributed by atoms with van der Waals surface area (Å²) in [4.78, 5) is 2.18. The van der Waals surface area contributed by atoms with Crippen LogP contribution in [0.2, 0.25) is 0 Å². The molecule has 0 fully saturated rings. The maximum atomic E-state index is 12.0. The second-order valence-electron chi connectivity index (χ2n) is 5.56. The number of nitrogens with one attached hydrogen (secondary N) is 1. The molecule has 120 valence electrons. The van der Waals surface area contributed by atoms with Crippen molar-refractivity contribution in [3.05, 3.63) is 35.4 Å². The zero-order chi connectivity index (χ0) is 15.9. The molecule has 0 heterocycles. The Morgan fingerprint density at radius 1 is 1.29 bits per heavy atom. The SMILES string of the molecule is CC(C)N(C)CCCNS(=O)(=O)Cc1cccc(CO)c1. The Balaban J connectivity index is 2.43. The summed E-state index contributed by atoms with van der Waals surface area (Å²) in [5.74, 6) is -0.0547. The fourth-order valence-corrected chi connectivity index (χ4v) is 3.08. The predicted octanol–water partition coefficient (Wildman–Crippen LogP) is 1.33. The van der Waals surface area contributed by atoms with Gasteiger partial charge < -0.3 is 10.0 Å². The molecule has 0 aromatic heterocycles. The van der Waals surface area contributed by atoms with E-state index in [1.807, 2.05) is 7.05 Å². The minimum Gasteiger partial charge on any atom is -0.392 e. The van der Waals surface area contributed by atoms with Crippen LogP contribution in [-0.2, 0) is 22.4 Å². The first-order valence-corrected chi connectivity index (χ1v) is 8.85. The molecule has 0 aliphatic carbocycles. The molecule has 0 saturated heterocycles. The Morgan fingerprint density at radius 3 is 2.57 bits per heavy atom. The number of hydrogen-bond donors (Lipinski definition) is 2. The van der Waals surface area contributed by atoms with Gasteiger partial charge in [0.15, 0.2) is 0 Å². The minimum absolute atomic E-state index is 0.0547. The lowest BCUT2D eigenvalue weighted by Gasteiger charge is -2.20. The average molecular weight is 314 g/mol. The van der Waals surface area contributed by atoms with Gasteiger partial charge in [0.1, 0.15) is 0 Å². The Kier molecular flexibility index (Phi) is 7.31. The monoisotopic (exact) mass is 314 g/mol. The van der Waals surface area contributed by atoms with Crippen molar-refractivity contribution >= 4 is 10.0 Å². The molecule has 0 atom stereocenters. The van der Waals surface area contributed by atoms with Crippen LogP contribution in [0, 0.1) is 0 Å². The number of aliphatic hydroxyl groups is 1. The van der Waals surface area contributed by atoms with Crippen LogP contribution in [0.5, 0.6) is 0 Å². The van der Waals surface area contributed by atoms with Crippen LogP contribution >= 0.6 is 0 Å². The van der Waals surface area contributed by atoms with Crippen LogP contribution in [0.3, 0.4) is 0 Å². The fraction of sp³-hybridized carbons (Fsp3) is 0.600. The van der Waals surface area contributed by atoms with Gasteiger partial charge in [-0.1, -0.05) is 24.3 Å². The molecular formula is C15H26N2O3S. The van der Waals surface area contributed by atoms with E-state index in [9.17, 15) is 8.42 Å². The molecule has 21 heavy (non-hydrogen) atoms. The summed E-state index contributed by atoms with van der Waals surface area (Å²) in [6, 6.07) is 7.46. The van der Waals surface area contributed by atoms with E-state index in [4.69, 9.17) is 5.11 Å². The lowest BCUT2D eigenvalue weighted by atomic mass is 10.1. The molecule has 0 saturated carbocycles. The first kappa shape index (κ1) is 18.1. The van der Waals surface area contributed by atoms with Crippen molar-refractivity contribution in [2.75, 3.05) is 20.1 Å². The lowest BCUT2D eigenvalue weighted by molar-refractivity contribution is 0.271. The van der Waals surface area contributed by atoms with Crippen molar-refractivity contribution in [1.29, 1.82) is 0 Å². The summed E-state index contributed by atoms with van der Waals surface area (Å²) < 4.78 is 26.6. The first-order valence-electron chi connectivity index (χ1n) is 7.20. The van der Waals surface area contributed by atoms with Crippen molar-refractivity contribution < 1.29 is 13.5 Å². The standard InChI is InChI=1S/C15H26N2O3S/c1-13(2)17(3)9-5-8-16-21(19,20)12-15-7-4-6-14(10-15)11-18/h4,6-7,10,13,16,18H,5,8-9,11-12H2,1-3H3. The largest absolute Gasteiger partial charge is 0.392 e. The van der Waals surface area contributed by atoms with Crippen LogP contribution in [0.15, 0.2) is 24.3 Å². The third kappa shape index (κ3) is 7.04. The van der Waals surface area contributed by atoms with E-state index in [0.29, 0.717) is 18.2 Å². The van der Waals surface area contributed by atoms with Gasteiger partial charge in [0.05, 0.1) is 12.4 Å². The summed E-state index contributed by atoms with van der Waals surface area (Å²) in [6.07, 6.45) is 0.782. The minimum atomic E-state index is -3.33. The van der Waals surface area contributed by atoms with E-state index in [1.54, 1.807) is 24.3 Å². The molecule has 0 bridgehead atoms. The van der Waals surface area contributed by atoms with E-state index in [2.05, 4.69) is 23.5 Å². The second-order valence-corrected chi connectivity index (χ2v) is 7.37. The number of aliphatic hydroxyl groups excluding tert-OH is 1. The summed E-state index contributed by atoms with van der Waals surface area (Å²) in [5, 5.41) is 9.06. The number of rotatable bonds is 9. The smallest absolute Gasteiger partial charge is 0.215 e. The number of benzene rings is 1. The van der Waals surface area contributed by atoms with Crippen molar-refractivity contribution in [3.8, 4) is 0 Å². The molecule has 1 rings (SSSR count). The van der Waals surface area contributed by atoms with E-state index < -0.39 is 10.0 Å². The highest BCUT2D eigenvalue weighted by Gasteiger charge is 2.11. The third-order valence-corrected chi connectivity index (χ3v) is 4.78. The van der Waals surface area contributed by atoms with Crippen molar-refractivity contribution in [2.24, 2.45) is 0 Å². The van der Waals surface area contributed by atoms with Crippen molar-refractivity contribution in [3.63, 3.8) is 0 Å². The molecule has 0 aliphatic rings. The van der Waals surface area contributed by atoms with Gasteiger partial charge in [-0.2, -0.15) is 0 Å². The normalized spacial score (nSPS) is 12.3. The third-order valence-electron chi connectivity index (χ3n) is 3.42.